The number of methoxy groups -OCH3 is 1. The number of benzene rings is 2. The van der Waals surface area contributed by atoms with Crippen molar-refractivity contribution in [2.24, 2.45) is 0 Å². The van der Waals surface area contributed by atoms with E-state index in [1.54, 1.807) is 12.0 Å². The number of carbonyl (C=O) groups is 1. The van der Waals surface area contributed by atoms with E-state index in [-0.39, 0.29) is 27.6 Å². The average Bonchev–Trinajstić information content (AvgIpc) is 3.40. The number of hydrogen-bond donors (Lipinski definition) is 0. The summed E-state index contributed by atoms with van der Waals surface area (Å²) < 4.78 is 19.1. The molecular formula is C18H16Cl2FNO2. The predicted octanol–water partition coefficient (Wildman–Crippen LogP) is 4.95. The minimum Gasteiger partial charge on any atom is -0.496 e. The smallest absolute Gasteiger partial charge is 0.256 e. The van der Waals surface area contributed by atoms with Crippen LogP contribution in [0, 0.1) is 5.82 Å². The molecule has 1 aliphatic carbocycles. The Labute approximate surface area is 149 Å². The van der Waals surface area contributed by atoms with Crippen LogP contribution in [-0.2, 0) is 6.54 Å². The molecule has 0 saturated heterocycles. The summed E-state index contributed by atoms with van der Waals surface area (Å²) in [6.07, 6.45) is 1.85. The van der Waals surface area contributed by atoms with Crippen LogP contribution in [0.15, 0.2) is 36.4 Å². The molecule has 6 heteroatoms. The van der Waals surface area contributed by atoms with Crippen LogP contribution in [0.5, 0.6) is 5.75 Å². The number of carbonyl (C=O) groups excluding carboxylic acids is 1. The second kappa shape index (κ2) is 6.99. The van der Waals surface area contributed by atoms with Crippen LogP contribution in [-0.4, -0.2) is 24.0 Å². The standard InChI is InChI=1S/C18H16Cl2FNO2/c1-24-17-5-3-2-4-11(17)10-22(12-6-7-12)18(23)13-8-16(21)15(20)9-14(13)19/h2-5,8-9,12H,6-7,10H2,1H3. The zero-order chi connectivity index (χ0) is 17.3. The number of para-hydroxylation sites is 1. The Bertz CT molecular complexity index is 778. The van der Waals surface area contributed by atoms with E-state index in [2.05, 4.69) is 0 Å². The Hall–Kier alpha value is -1.78. The molecule has 2 aromatic rings. The fraction of sp³-hybridized carbons (Fsp3) is 0.278. The Morgan fingerprint density at radius 3 is 2.62 bits per heavy atom. The highest BCUT2D eigenvalue weighted by molar-refractivity contribution is 6.36. The summed E-state index contributed by atoms with van der Waals surface area (Å²) in [5.41, 5.74) is 1.02. The van der Waals surface area contributed by atoms with Crippen LogP contribution < -0.4 is 4.74 Å². The first-order chi connectivity index (χ1) is 11.5. The van der Waals surface area contributed by atoms with Gasteiger partial charge in [-0.25, -0.2) is 4.39 Å². The zero-order valence-corrected chi connectivity index (χ0v) is 14.6. The molecule has 0 aliphatic heterocycles. The second-order valence-corrected chi connectivity index (χ2v) is 6.54. The van der Waals surface area contributed by atoms with Gasteiger partial charge < -0.3 is 9.64 Å². The molecule has 0 spiro atoms. The van der Waals surface area contributed by atoms with Gasteiger partial charge >= 0.3 is 0 Å². The molecule has 3 nitrogen and oxygen atoms in total. The molecule has 0 N–H and O–H groups in total. The van der Waals surface area contributed by atoms with Crippen molar-refractivity contribution in [1.29, 1.82) is 0 Å². The van der Waals surface area contributed by atoms with E-state index < -0.39 is 5.82 Å². The Morgan fingerprint density at radius 2 is 1.96 bits per heavy atom. The molecule has 0 heterocycles. The highest BCUT2D eigenvalue weighted by Crippen LogP contribution is 2.33. The third-order valence-electron chi connectivity index (χ3n) is 4.02. The minimum absolute atomic E-state index is 0.0979. The van der Waals surface area contributed by atoms with Crippen LogP contribution in [0.1, 0.15) is 28.8 Å². The van der Waals surface area contributed by atoms with Crippen LogP contribution in [0.2, 0.25) is 10.0 Å². The molecule has 2 aromatic carbocycles. The van der Waals surface area contributed by atoms with Gasteiger partial charge in [-0.2, -0.15) is 0 Å². The van der Waals surface area contributed by atoms with Crippen molar-refractivity contribution in [1.82, 2.24) is 4.90 Å². The van der Waals surface area contributed by atoms with Crippen molar-refractivity contribution in [2.75, 3.05) is 7.11 Å². The lowest BCUT2D eigenvalue weighted by atomic mass is 10.1. The van der Waals surface area contributed by atoms with Gasteiger partial charge in [0.2, 0.25) is 0 Å². The van der Waals surface area contributed by atoms with Gasteiger partial charge in [-0.05, 0) is 31.0 Å². The van der Waals surface area contributed by atoms with Crippen LogP contribution in [0.3, 0.4) is 0 Å². The first-order valence-electron chi connectivity index (χ1n) is 7.58. The molecule has 1 fully saturated rings. The number of rotatable bonds is 5. The summed E-state index contributed by atoms with van der Waals surface area (Å²) in [7, 11) is 1.59. The van der Waals surface area contributed by atoms with E-state index in [4.69, 9.17) is 27.9 Å². The Morgan fingerprint density at radius 1 is 1.25 bits per heavy atom. The number of nitrogens with zero attached hydrogens (tertiary/aromatic N) is 1. The predicted molar refractivity (Wildman–Crippen MR) is 92.3 cm³/mol. The van der Waals surface area contributed by atoms with Gasteiger partial charge in [-0.3, -0.25) is 4.79 Å². The molecule has 1 aliphatic rings. The topological polar surface area (TPSA) is 29.5 Å². The van der Waals surface area contributed by atoms with Crippen LogP contribution >= 0.6 is 23.2 Å². The lowest BCUT2D eigenvalue weighted by Crippen LogP contribution is -2.33. The number of hydrogen-bond acceptors (Lipinski definition) is 2. The van der Waals surface area contributed by atoms with Crippen molar-refractivity contribution in [3.8, 4) is 5.75 Å². The van der Waals surface area contributed by atoms with Gasteiger partial charge in [-0.1, -0.05) is 41.4 Å². The summed E-state index contributed by atoms with van der Waals surface area (Å²) in [5, 5.41) is 0.0522. The summed E-state index contributed by atoms with van der Waals surface area (Å²) in [6, 6.07) is 10.0. The first kappa shape index (κ1) is 17.1. The van der Waals surface area contributed by atoms with Gasteiger partial charge in [0.05, 0.1) is 22.7 Å². The Balaban J connectivity index is 1.91. The van der Waals surface area contributed by atoms with E-state index in [9.17, 15) is 9.18 Å². The van der Waals surface area contributed by atoms with E-state index in [0.717, 1.165) is 24.5 Å². The number of halogens is 3. The fourth-order valence-corrected chi connectivity index (χ4v) is 3.08. The van der Waals surface area contributed by atoms with Gasteiger partial charge in [0.15, 0.2) is 0 Å². The van der Waals surface area contributed by atoms with Gasteiger partial charge in [0.1, 0.15) is 11.6 Å². The molecule has 0 unspecified atom stereocenters. The summed E-state index contributed by atoms with van der Waals surface area (Å²) in [6.45, 7) is 0.383. The molecule has 24 heavy (non-hydrogen) atoms. The molecule has 0 radical (unpaired) electrons. The largest absolute Gasteiger partial charge is 0.496 e. The highest BCUT2D eigenvalue weighted by atomic mass is 35.5. The average molecular weight is 368 g/mol. The lowest BCUT2D eigenvalue weighted by Gasteiger charge is -2.24. The van der Waals surface area contributed by atoms with E-state index in [0.29, 0.717) is 12.3 Å². The van der Waals surface area contributed by atoms with Crippen LogP contribution in [0.4, 0.5) is 4.39 Å². The van der Waals surface area contributed by atoms with Gasteiger partial charge in [0, 0.05) is 18.2 Å². The maximum absolute atomic E-state index is 13.8. The second-order valence-electron chi connectivity index (χ2n) is 5.72. The third-order valence-corrected chi connectivity index (χ3v) is 4.62. The summed E-state index contributed by atoms with van der Waals surface area (Å²) >= 11 is 11.8. The Kier molecular flexibility index (Phi) is 4.97. The molecular weight excluding hydrogens is 352 g/mol. The van der Waals surface area contributed by atoms with Crippen molar-refractivity contribution in [3.05, 3.63) is 63.4 Å². The monoisotopic (exact) mass is 367 g/mol. The van der Waals surface area contributed by atoms with Crippen LogP contribution in [0.25, 0.3) is 0 Å². The summed E-state index contributed by atoms with van der Waals surface area (Å²) in [4.78, 5) is 14.6. The maximum Gasteiger partial charge on any atom is 0.256 e. The molecule has 126 valence electrons. The minimum atomic E-state index is -0.655. The normalized spacial score (nSPS) is 13.7. The van der Waals surface area contributed by atoms with E-state index in [1.165, 1.54) is 6.07 Å². The number of ether oxygens (including phenoxy) is 1. The number of amides is 1. The van der Waals surface area contributed by atoms with Gasteiger partial charge in [0.25, 0.3) is 5.91 Å². The molecule has 0 atom stereocenters. The summed E-state index contributed by atoms with van der Waals surface area (Å²) in [5.74, 6) is -0.245. The SMILES string of the molecule is COc1ccccc1CN(C(=O)c1cc(F)c(Cl)cc1Cl)C1CC1. The zero-order valence-electron chi connectivity index (χ0n) is 13.1. The molecule has 1 amide bonds. The molecule has 0 aromatic heterocycles. The van der Waals surface area contributed by atoms with Gasteiger partial charge in [-0.15, -0.1) is 0 Å². The van der Waals surface area contributed by atoms with E-state index >= 15 is 0 Å². The maximum atomic E-state index is 13.8. The molecule has 0 bridgehead atoms. The van der Waals surface area contributed by atoms with E-state index in [1.807, 2.05) is 24.3 Å². The quantitative estimate of drug-likeness (QED) is 0.700. The highest BCUT2D eigenvalue weighted by Gasteiger charge is 2.34. The van der Waals surface area contributed by atoms with Crippen molar-refractivity contribution < 1.29 is 13.9 Å². The first-order valence-corrected chi connectivity index (χ1v) is 8.34. The lowest BCUT2D eigenvalue weighted by molar-refractivity contribution is 0.0728. The van der Waals surface area contributed by atoms with Crippen molar-refractivity contribution >= 4 is 29.1 Å². The molecule has 3 rings (SSSR count). The molecule has 1 saturated carbocycles. The van der Waals surface area contributed by atoms with Crippen molar-refractivity contribution in [3.63, 3.8) is 0 Å². The third kappa shape index (κ3) is 3.50. The fourth-order valence-electron chi connectivity index (χ4n) is 2.61. The van der Waals surface area contributed by atoms with Crippen molar-refractivity contribution in [2.45, 2.75) is 25.4 Å².